The predicted molar refractivity (Wildman–Crippen MR) is 99.0 cm³/mol. The van der Waals surface area contributed by atoms with E-state index in [4.69, 9.17) is 4.74 Å². The standard InChI is InChI=1S/C20H24N2O4/c1-3-20(4-2)18(24)22(19(25)21-20)12-16(23)13-26-17-10-9-14-7-5-6-8-15(14)11-17/h5-11,16,23H,3-4,12-13H2,1-2H3,(H,21,25). The lowest BCUT2D eigenvalue weighted by Gasteiger charge is -2.24. The van der Waals surface area contributed by atoms with E-state index in [1.54, 1.807) is 0 Å². The van der Waals surface area contributed by atoms with Gasteiger partial charge in [0.1, 0.15) is 24.0 Å². The minimum absolute atomic E-state index is 0.000645. The smallest absolute Gasteiger partial charge is 0.325 e. The number of hydrogen-bond donors (Lipinski definition) is 2. The minimum atomic E-state index is -0.958. The second kappa shape index (κ2) is 7.33. The molecule has 1 aliphatic rings. The number of ether oxygens (including phenoxy) is 1. The molecule has 3 rings (SSSR count). The van der Waals surface area contributed by atoms with E-state index in [1.165, 1.54) is 0 Å². The topological polar surface area (TPSA) is 78.9 Å². The number of nitrogens with one attached hydrogen (secondary N) is 1. The molecule has 0 bridgehead atoms. The van der Waals surface area contributed by atoms with Crippen molar-refractivity contribution in [1.82, 2.24) is 10.2 Å². The van der Waals surface area contributed by atoms with Crippen molar-refractivity contribution in [3.05, 3.63) is 42.5 Å². The average Bonchev–Trinajstić information content (AvgIpc) is 2.91. The molecule has 2 N–H and O–H groups in total. The number of β-amino-alcohol motifs (C(OH)–C–C–N with tert-alkyl or cyclic N) is 1. The van der Waals surface area contributed by atoms with E-state index in [0.717, 1.165) is 15.7 Å². The molecule has 0 saturated carbocycles. The van der Waals surface area contributed by atoms with Crippen LogP contribution in [0.15, 0.2) is 42.5 Å². The molecule has 2 aromatic carbocycles. The fourth-order valence-electron chi connectivity index (χ4n) is 3.28. The summed E-state index contributed by atoms with van der Waals surface area (Å²) in [5.41, 5.74) is -0.851. The number of amides is 3. The first-order valence-corrected chi connectivity index (χ1v) is 8.93. The van der Waals surface area contributed by atoms with Crippen LogP contribution in [0.2, 0.25) is 0 Å². The summed E-state index contributed by atoms with van der Waals surface area (Å²) in [7, 11) is 0. The lowest BCUT2D eigenvalue weighted by Crippen LogP contribution is -2.46. The molecule has 0 radical (unpaired) electrons. The van der Waals surface area contributed by atoms with Crippen molar-refractivity contribution in [2.45, 2.75) is 38.3 Å². The van der Waals surface area contributed by atoms with Crippen LogP contribution in [0.1, 0.15) is 26.7 Å². The monoisotopic (exact) mass is 356 g/mol. The number of carbonyl (C=O) groups excluding carboxylic acids is 2. The number of hydrogen-bond acceptors (Lipinski definition) is 4. The number of imide groups is 1. The normalized spacial score (nSPS) is 17.4. The van der Waals surface area contributed by atoms with Crippen molar-refractivity contribution >= 4 is 22.7 Å². The maximum Gasteiger partial charge on any atom is 0.325 e. The van der Waals surface area contributed by atoms with Gasteiger partial charge in [-0.2, -0.15) is 0 Å². The van der Waals surface area contributed by atoms with Gasteiger partial charge in [-0.25, -0.2) is 4.79 Å². The maximum absolute atomic E-state index is 12.5. The highest BCUT2D eigenvalue weighted by Gasteiger charge is 2.48. The van der Waals surface area contributed by atoms with Crippen molar-refractivity contribution in [3.63, 3.8) is 0 Å². The molecule has 6 heteroatoms. The van der Waals surface area contributed by atoms with Gasteiger partial charge < -0.3 is 15.2 Å². The number of rotatable bonds is 7. The van der Waals surface area contributed by atoms with Crippen LogP contribution in [0, 0.1) is 0 Å². The molecule has 1 saturated heterocycles. The minimum Gasteiger partial charge on any atom is -0.491 e. The zero-order chi connectivity index (χ0) is 18.7. The largest absolute Gasteiger partial charge is 0.491 e. The van der Waals surface area contributed by atoms with Crippen LogP contribution < -0.4 is 10.1 Å². The molecule has 1 atom stereocenters. The molecule has 3 amide bonds. The van der Waals surface area contributed by atoms with Gasteiger partial charge in [-0.3, -0.25) is 9.69 Å². The summed E-state index contributed by atoms with van der Waals surface area (Å²) in [6.45, 7) is 3.65. The summed E-state index contributed by atoms with van der Waals surface area (Å²) >= 11 is 0. The van der Waals surface area contributed by atoms with Gasteiger partial charge in [0, 0.05) is 0 Å². The second-order valence-corrected chi connectivity index (χ2v) is 6.61. The van der Waals surface area contributed by atoms with Gasteiger partial charge in [0.15, 0.2) is 0 Å². The van der Waals surface area contributed by atoms with E-state index in [9.17, 15) is 14.7 Å². The highest BCUT2D eigenvalue weighted by molar-refractivity contribution is 6.07. The summed E-state index contributed by atoms with van der Waals surface area (Å²) < 4.78 is 5.64. The Morgan fingerprint density at radius 2 is 1.81 bits per heavy atom. The Bertz CT molecular complexity index is 816. The Kier molecular flexibility index (Phi) is 5.13. The number of nitrogens with zero attached hydrogens (tertiary/aromatic N) is 1. The molecule has 1 aliphatic heterocycles. The van der Waals surface area contributed by atoms with Gasteiger partial charge in [0.25, 0.3) is 5.91 Å². The van der Waals surface area contributed by atoms with Crippen molar-refractivity contribution < 1.29 is 19.4 Å². The number of aliphatic hydroxyl groups excluding tert-OH is 1. The van der Waals surface area contributed by atoms with Crippen LogP contribution in [-0.4, -0.2) is 46.7 Å². The van der Waals surface area contributed by atoms with E-state index in [1.807, 2.05) is 56.3 Å². The van der Waals surface area contributed by atoms with E-state index >= 15 is 0 Å². The van der Waals surface area contributed by atoms with Crippen molar-refractivity contribution in [2.24, 2.45) is 0 Å². The van der Waals surface area contributed by atoms with Crippen LogP contribution >= 0.6 is 0 Å². The van der Waals surface area contributed by atoms with E-state index in [-0.39, 0.29) is 19.1 Å². The Morgan fingerprint density at radius 1 is 1.12 bits per heavy atom. The van der Waals surface area contributed by atoms with Gasteiger partial charge in [-0.15, -0.1) is 0 Å². The Labute approximate surface area is 152 Å². The second-order valence-electron chi connectivity index (χ2n) is 6.61. The van der Waals surface area contributed by atoms with Crippen LogP contribution in [0.25, 0.3) is 10.8 Å². The lowest BCUT2D eigenvalue weighted by molar-refractivity contribution is -0.132. The Hall–Kier alpha value is -2.60. The van der Waals surface area contributed by atoms with Crippen LogP contribution in [0.4, 0.5) is 4.79 Å². The summed E-state index contributed by atoms with van der Waals surface area (Å²) in [5, 5.41) is 15.1. The quantitative estimate of drug-likeness (QED) is 0.748. The van der Waals surface area contributed by atoms with E-state index < -0.39 is 17.7 Å². The Morgan fingerprint density at radius 3 is 2.46 bits per heavy atom. The van der Waals surface area contributed by atoms with Gasteiger partial charge >= 0.3 is 6.03 Å². The van der Waals surface area contributed by atoms with Crippen LogP contribution in [0.5, 0.6) is 5.75 Å². The van der Waals surface area contributed by atoms with Crippen LogP contribution in [0.3, 0.4) is 0 Å². The Balaban J connectivity index is 1.60. The summed E-state index contributed by atoms with van der Waals surface area (Å²) in [6, 6.07) is 13.1. The number of urea groups is 1. The molecular formula is C20H24N2O4. The highest BCUT2D eigenvalue weighted by atomic mass is 16.5. The van der Waals surface area contributed by atoms with E-state index in [0.29, 0.717) is 18.6 Å². The first-order valence-electron chi connectivity index (χ1n) is 8.93. The molecule has 26 heavy (non-hydrogen) atoms. The molecule has 0 aliphatic carbocycles. The van der Waals surface area contributed by atoms with Gasteiger partial charge in [0.05, 0.1) is 6.54 Å². The third kappa shape index (κ3) is 3.37. The van der Waals surface area contributed by atoms with Crippen molar-refractivity contribution in [1.29, 1.82) is 0 Å². The van der Waals surface area contributed by atoms with Gasteiger partial charge in [-0.1, -0.05) is 44.2 Å². The van der Waals surface area contributed by atoms with Gasteiger partial charge in [-0.05, 0) is 35.7 Å². The first kappa shape index (κ1) is 18.2. The summed E-state index contributed by atoms with van der Waals surface area (Å²) in [5.74, 6) is 0.355. The zero-order valence-corrected chi connectivity index (χ0v) is 15.1. The molecular weight excluding hydrogens is 332 g/mol. The number of benzene rings is 2. The van der Waals surface area contributed by atoms with Gasteiger partial charge in [0.2, 0.25) is 0 Å². The molecule has 0 spiro atoms. The summed E-state index contributed by atoms with van der Waals surface area (Å²) in [6.07, 6.45) is 0.0865. The third-order valence-electron chi connectivity index (χ3n) is 5.01. The van der Waals surface area contributed by atoms with Crippen molar-refractivity contribution in [3.8, 4) is 5.75 Å². The molecule has 0 aromatic heterocycles. The highest BCUT2D eigenvalue weighted by Crippen LogP contribution is 2.25. The molecule has 138 valence electrons. The molecule has 2 aromatic rings. The van der Waals surface area contributed by atoms with E-state index in [2.05, 4.69) is 5.32 Å². The molecule has 1 unspecified atom stereocenters. The maximum atomic E-state index is 12.5. The molecule has 1 fully saturated rings. The SMILES string of the molecule is CCC1(CC)NC(=O)N(CC(O)COc2ccc3ccccc3c2)C1=O. The molecule has 1 heterocycles. The lowest BCUT2D eigenvalue weighted by atomic mass is 9.93. The zero-order valence-electron chi connectivity index (χ0n) is 15.1. The fourth-order valence-corrected chi connectivity index (χ4v) is 3.28. The third-order valence-corrected chi connectivity index (χ3v) is 5.01. The average molecular weight is 356 g/mol. The predicted octanol–water partition coefficient (Wildman–Crippen LogP) is 2.69. The molecule has 6 nitrogen and oxygen atoms in total. The fraction of sp³-hybridized carbons (Fsp3) is 0.400. The number of carbonyl (C=O) groups is 2. The number of fused-ring (bicyclic) bond motifs is 1. The summed E-state index contributed by atoms with van der Waals surface area (Å²) in [4.78, 5) is 25.7. The first-order chi connectivity index (χ1) is 12.5. The van der Waals surface area contributed by atoms with Crippen LogP contribution in [-0.2, 0) is 4.79 Å². The van der Waals surface area contributed by atoms with Crippen molar-refractivity contribution in [2.75, 3.05) is 13.2 Å². The number of aliphatic hydroxyl groups is 1.